The maximum atomic E-state index is 7.26. The van der Waals surface area contributed by atoms with Gasteiger partial charge in [0.25, 0.3) is 0 Å². The fraction of sp³-hybridized carbons (Fsp3) is 0.182. The Bertz CT molecular complexity index is 500. The number of benzene rings is 1. The SMILES string of the molecule is Cc1nc(C(=N)N)nn1Cc1ccccc1. The van der Waals surface area contributed by atoms with Gasteiger partial charge in [-0.2, -0.15) is 0 Å². The van der Waals surface area contributed by atoms with Crippen molar-refractivity contribution in [2.24, 2.45) is 5.73 Å². The summed E-state index contributed by atoms with van der Waals surface area (Å²) < 4.78 is 1.74. The van der Waals surface area contributed by atoms with Crippen LogP contribution in [0.5, 0.6) is 0 Å². The minimum Gasteiger partial charge on any atom is -0.381 e. The number of nitrogens with two attached hydrogens (primary N) is 1. The Morgan fingerprint density at radius 1 is 1.38 bits per heavy atom. The number of nitrogen functional groups attached to an aromatic ring is 1. The molecule has 1 aromatic carbocycles. The number of nitrogens with one attached hydrogen (secondary N) is 1. The summed E-state index contributed by atoms with van der Waals surface area (Å²) in [6.07, 6.45) is 0. The smallest absolute Gasteiger partial charge is 0.216 e. The highest BCUT2D eigenvalue weighted by Crippen LogP contribution is 2.04. The quantitative estimate of drug-likeness (QED) is 0.590. The standard InChI is InChI=1S/C11H13N5/c1-8-14-11(10(12)13)15-16(8)7-9-5-3-2-4-6-9/h2-6H,7H2,1H3,(H3,12,13). The predicted molar refractivity (Wildman–Crippen MR) is 61.3 cm³/mol. The van der Waals surface area contributed by atoms with E-state index >= 15 is 0 Å². The number of hydrogen-bond acceptors (Lipinski definition) is 3. The van der Waals surface area contributed by atoms with Crippen molar-refractivity contribution in [3.8, 4) is 0 Å². The minimum absolute atomic E-state index is 0.102. The van der Waals surface area contributed by atoms with E-state index in [1.807, 2.05) is 37.3 Å². The Balaban J connectivity index is 2.25. The van der Waals surface area contributed by atoms with Crippen molar-refractivity contribution in [1.29, 1.82) is 5.41 Å². The van der Waals surface area contributed by atoms with E-state index in [0.717, 1.165) is 11.4 Å². The van der Waals surface area contributed by atoms with Gasteiger partial charge in [0.2, 0.25) is 5.82 Å². The third-order valence-corrected chi connectivity index (χ3v) is 2.27. The van der Waals surface area contributed by atoms with E-state index in [9.17, 15) is 0 Å². The van der Waals surface area contributed by atoms with E-state index in [-0.39, 0.29) is 11.7 Å². The van der Waals surface area contributed by atoms with Crippen LogP contribution in [0.1, 0.15) is 17.2 Å². The molecule has 0 radical (unpaired) electrons. The summed E-state index contributed by atoms with van der Waals surface area (Å²) in [7, 11) is 0. The first-order chi connectivity index (χ1) is 7.66. The van der Waals surface area contributed by atoms with Crippen LogP contribution in [0, 0.1) is 12.3 Å². The van der Waals surface area contributed by atoms with Gasteiger partial charge in [0.15, 0.2) is 5.84 Å². The van der Waals surface area contributed by atoms with Crippen molar-refractivity contribution in [1.82, 2.24) is 14.8 Å². The fourth-order valence-electron chi connectivity index (χ4n) is 1.44. The van der Waals surface area contributed by atoms with Crippen molar-refractivity contribution in [2.45, 2.75) is 13.5 Å². The monoisotopic (exact) mass is 215 g/mol. The fourth-order valence-corrected chi connectivity index (χ4v) is 1.44. The summed E-state index contributed by atoms with van der Waals surface area (Å²) in [5, 5.41) is 11.4. The second kappa shape index (κ2) is 4.14. The number of aromatic nitrogens is 3. The maximum absolute atomic E-state index is 7.26. The van der Waals surface area contributed by atoms with Gasteiger partial charge in [-0.15, -0.1) is 5.10 Å². The summed E-state index contributed by atoms with van der Waals surface area (Å²) in [5.74, 6) is 0.942. The van der Waals surface area contributed by atoms with Crippen molar-refractivity contribution in [3.63, 3.8) is 0 Å². The number of amidine groups is 1. The molecule has 0 unspecified atom stereocenters. The van der Waals surface area contributed by atoms with E-state index in [4.69, 9.17) is 11.1 Å². The molecule has 2 aromatic rings. The Morgan fingerprint density at radius 3 is 2.62 bits per heavy atom. The molecular formula is C11H13N5. The van der Waals surface area contributed by atoms with Crippen molar-refractivity contribution in [3.05, 3.63) is 47.5 Å². The molecule has 0 fully saturated rings. The highest BCUT2D eigenvalue weighted by molar-refractivity contribution is 5.91. The van der Waals surface area contributed by atoms with Gasteiger partial charge in [-0.1, -0.05) is 30.3 Å². The van der Waals surface area contributed by atoms with Gasteiger partial charge in [-0.3, -0.25) is 5.41 Å². The lowest BCUT2D eigenvalue weighted by Crippen LogP contribution is -2.14. The maximum Gasteiger partial charge on any atom is 0.216 e. The van der Waals surface area contributed by atoms with Crippen LogP contribution in [-0.4, -0.2) is 20.6 Å². The third kappa shape index (κ3) is 2.08. The van der Waals surface area contributed by atoms with E-state index in [1.165, 1.54) is 0 Å². The van der Waals surface area contributed by atoms with Gasteiger partial charge >= 0.3 is 0 Å². The van der Waals surface area contributed by atoms with Crippen LogP contribution in [-0.2, 0) is 6.54 Å². The normalized spacial score (nSPS) is 10.3. The molecule has 82 valence electrons. The van der Waals surface area contributed by atoms with Crippen molar-refractivity contribution >= 4 is 5.84 Å². The van der Waals surface area contributed by atoms with Gasteiger partial charge in [-0.05, 0) is 12.5 Å². The third-order valence-electron chi connectivity index (χ3n) is 2.27. The zero-order valence-electron chi connectivity index (χ0n) is 9.01. The first-order valence-corrected chi connectivity index (χ1v) is 4.96. The summed E-state index contributed by atoms with van der Waals surface area (Å²) in [5.41, 5.74) is 6.48. The Kier molecular flexibility index (Phi) is 2.68. The van der Waals surface area contributed by atoms with Gasteiger partial charge in [0, 0.05) is 0 Å². The summed E-state index contributed by atoms with van der Waals surface area (Å²) in [6.45, 7) is 2.50. The molecule has 1 heterocycles. The molecule has 0 amide bonds. The number of rotatable bonds is 3. The zero-order chi connectivity index (χ0) is 11.5. The Morgan fingerprint density at radius 2 is 2.06 bits per heavy atom. The average Bonchev–Trinajstić information content (AvgIpc) is 2.62. The van der Waals surface area contributed by atoms with Crippen molar-refractivity contribution in [2.75, 3.05) is 0 Å². The van der Waals surface area contributed by atoms with E-state index in [2.05, 4.69) is 10.1 Å². The molecule has 16 heavy (non-hydrogen) atoms. The molecule has 0 spiro atoms. The molecule has 0 aliphatic rings. The van der Waals surface area contributed by atoms with Crippen LogP contribution in [0.3, 0.4) is 0 Å². The highest BCUT2D eigenvalue weighted by Gasteiger charge is 2.08. The van der Waals surface area contributed by atoms with Crippen LogP contribution in [0.2, 0.25) is 0 Å². The lowest BCUT2D eigenvalue weighted by Gasteiger charge is -2.02. The van der Waals surface area contributed by atoms with Crippen molar-refractivity contribution < 1.29 is 0 Å². The van der Waals surface area contributed by atoms with Crippen LogP contribution >= 0.6 is 0 Å². The number of nitrogens with zero attached hydrogens (tertiary/aromatic N) is 3. The van der Waals surface area contributed by atoms with Crippen LogP contribution in [0.15, 0.2) is 30.3 Å². The topological polar surface area (TPSA) is 80.6 Å². The van der Waals surface area contributed by atoms with Gasteiger partial charge in [-0.25, -0.2) is 9.67 Å². The molecule has 0 aliphatic heterocycles. The minimum atomic E-state index is -0.102. The number of aryl methyl sites for hydroxylation is 1. The molecule has 5 nitrogen and oxygen atoms in total. The summed E-state index contributed by atoms with van der Waals surface area (Å²) in [6, 6.07) is 9.97. The van der Waals surface area contributed by atoms with Gasteiger partial charge in [0.1, 0.15) is 5.82 Å². The molecule has 5 heteroatoms. The van der Waals surface area contributed by atoms with Crippen LogP contribution in [0.25, 0.3) is 0 Å². The van der Waals surface area contributed by atoms with Gasteiger partial charge in [0.05, 0.1) is 6.54 Å². The Hall–Kier alpha value is -2.17. The molecule has 3 N–H and O–H groups in total. The zero-order valence-corrected chi connectivity index (χ0v) is 9.01. The molecule has 0 saturated heterocycles. The predicted octanol–water partition coefficient (Wildman–Crippen LogP) is 0.919. The van der Waals surface area contributed by atoms with E-state index in [0.29, 0.717) is 6.54 Å². The number of hydrogen-bond donors (Lipinski definition) is 2. The first kappa shape index (κ1) is 10.4. The van der Waals surface area contributed by atoms with E-state index in [1.54, 1.807) is 4.68 Å². The Labute approximate surface area is 93.4 Å². The highest BCUT2D eigenvalue weighted by atomic mass is 15.3. The second-order valence-corrected chi connectivity index (χ2v) is 3.54. The molecule has 0 saturated carbocycles. The largest absolute Gasteiger partial charge is 0.381 e. The first-order valence-electron chi connectivity index (χ1n) is 4.96. The molecular weight excluding hydrogens is 202 g/mol. The molecule has 0 bridgehead atoms. The molecule has 1 aromatic heterocycles. The van der Waals surface area contributed by atoms with E-state index < -0.39 is 0 Å². The average molecular weight is 215 g/mol. The van der Waals surface area contributed by atoms with Gasteiger partial charge < -0.3 is 5.73 Å². The van der Waals surface area contributed by atoms with Crippen LogP contribution < -0.4 is 5.73 Å². The molecule has 0 aliphatic carbocycles. The lowest BCUT2D eigenvalue weighted by atomic mass is 10.2. The second-order valence-electron chi connectivity index (χ2n) is 3.54. The lowest BCUT2D eigenvalue weighted by molar-refractivity contribution is 0.659. The molecule has 0 atom stereocenters. The summed E-state index contributed by atoms with van der Waals surface area (Å²) in [4.78, 5) is 4.11. The molecule has 2 rings (SSSR count). The summed E-state index contributed by atoms with van der Waals surface area (Å²) >= 11 is 0. The van der Waals surface area contributed by atoms with Crippen LogP contribution in [0.4, 0.5) is 0 Å².